The van der Waals surface area contributed by atoms with Gasteiger partial charge in [0.2, 0.25) is 0 Å². The monoisotopic (exact) mass is 788 g/mol. The maximum atomic E-state index is 12.4. The van der Waals surface area contributed by atoms with E-state index in [9.17, 15) is 20.1 Å². The highest BCUT2D eigenvalue weighted by Gasteiger charge is 2.30. The van der Waals surface area contributed by atoms with Crippen LogP contribution in [-0.4, -0.2) is 29.8 Å². The summed E-state index contributed by atoms with van der Waals surface area (Å²) in [7, 11) is 5.65. The first kappa shape index (κ1) is 48.7. The lowest BCUT2D eigenvalue weighted by molar-refractivity contribution is -0.159. The summed E-state index contributed by atoms with van der Waals surface area (Å²) in [5, 5.41) is 19.6. The number of nitrogens with zero attached hydrogens (tertiary/aromatic N) is 2. The number of unbranched alkanes of at least 4 members (excludes halogenated alkanes) is 18. The number of carbonyl (C=O) groups excluding carboxylic acids is 2. The highest BCUT2D eigenvalue weighted by atomic mass is 33.1. The van der Waals surface area contributed by atoms with Crippen LogP contribution in [0.15, 0.2) is 0 Å². The van der Waals surface area contributed by atoms with Gasteiger partial charge in [0.15, 0.2) is 0 Å². The minimum Gasteiger partial charge on any atom is -0.393 e. The Balaban J connectivity index is 4.18. The van der Waals surface area contributed by atoms with Crippen LogP contribution in [0.25, 0.3) is 0 Å². The van der Waals surface area contributed by atoms with Gasteiger partial charge in [0.1, 0.15) is 9.49 Å². The Labute approximate surface area is 326 Å². The first-order valence-electron chi connectivity index (χ1n) is 18.9. The second-order valence-electron chi connectivity index (χ2n) is 13.5. The molecule has 0 radical (unpaired) electrons. The number of ether oxygens (including phenoxy) is 1. The number of rotatable bonds is 32. The molecule has 0 saturated heterocycles. The second-order valence-corrected chi connectivity index (χ2v) is 20.4. The standard InChI is InChI=1S/C38H64N2O3S6/c1-5-7-9-11-13-15-17-19-21-23-25-35(44)46-48-37(3,31-39)29-27-33(41)43-34(42)28-30-38(4,32-40)49-47-36(45)26-24-22-20-18-16-14-12-10-8-6-2/h5-30H2,1-4H3. The average Bonchev–Trinajstić information content (AvgIpc) is 3.09. The van der Waals surface area contributed by atoms with E-state index < -0.39 is 21.4 Å². The molecule has 0 bridgehead atoms. The molecule has 0 aliphatic heterocycles. The molecule has 0 rings (SSSR count). The molecule has 0 N–H and O–H groups in total. The molecule has 0 aromatic carbocycles. The molecular formula is C38H64N2O3S6. The Kier molecular flexibility index (Phi) is 32.2. The van der Waals surface area contributed by atoms with Crippen LogP contribution in [0, 0.1) is 22.7 Å². The quantitative estimate of drug-likeness (QED) is 0.0214. The Morgan fingerprint density at radius 3 is 1.10 bits per heavy atom. The van der Waals surface area contributed by atoms with Crippen LogP contribution in [0.1, 0.15) is 195 Å². The predicted octanol–water partition coefficient (Wildman–Crippen LogP) is 14.2. The molecular weight excluding hydrogens is 725 g/mol. The second kappa shape index (κ2) is 32.4. The molecule has 5 nitrogen and oxygen atoms in total. The van der Waals surface area contributed by atoms with Gasteiger partial charge in [0.25, 0.3) is 0 Å². The van der Waals surface area contributed by atoms with Crippen LogP contribution >= 0.6 is 67.6 Å². The lowest BCUT2D eigenvalue weighted by Gasteiger charge is -2.20. The van der Waals surface area contributed by atoms with Gasteiger partial charge in [-0.05, 0) is 74.0 Å². The van der Waals surface area contributed by atoms with Crippen molar-refractivity contribution in [3.8, 4) is 12.1 Å². The molecule has 0 heterocycles. The van der Waals surface area contributed by atoms with E-state index in [1.807, 2.05) is 0 Å². The third kappa shape index (κ3) is 29.9. The first-order chi connectivity index (χ1) is 23.5. The lowest BCUT2D eigenvalue weighted by Crippen LogP contribution is -2.22. The van der Waals surface area contributed by atoms with Crippen molar-refractivity contribution in [2.45, 2.75) is 204 Å². The summed E-state index contributed by atoms with van der Waals surface area (Å²) in [6.45, 7) is 8.07. The van der Waals surface area contributed by atoms with Gasteiger partial charge in [-0.1, -0.05) is 175 Å². The van der Waals surface area contributed by atoms with Crippen molar-refractivity contribution in [3.63, 3.8) is 0 Å². The summed E-state index contributed by atoms with van der Waals surface area (Å²) in [5.74, 6) is -1.30. The molecule has 0 saturated carbocycles. The molecule has 0 aliphatic rings. The van der Waals surface area contributed by atoms with Crippen molar-refractivity contribution in [1.29, 1.82) is 10.5 Å². The Morgan fingerprint density at radius 1 is 0.531 bits per heavy atom. The van der Waals surface area contributed by atoms with Crippen LogP contribution < -0.4 is 0 Å². The molecule has 0 aliphatic carbocycles. The van der Waals surface area contributed by atoms with E-state index in [0.717, 1.165) is 34.1 Å². The van der Waals surface area contributed by atoms with E-state index in [1.165, 1.54) is 159 Å². The number of hydrogen-bond acceptors (Lipinski definition) is 11. The average molecular weight is 789 g/mol. The first-order valence-corrected chi connectivity index (χ1v) is 24.0. The van der Waals surface area contributed by atoms with Crippen molar-refractivity contribution in [2.24, 2.45) is 0 Å². The number of carbonyl (C=O) groups is 2. The van der Waals surface area contributed by atoms with Crippen molar-refractivity contribution in [3.05, 3.63) is 0 Å². The third-order valence-electron chi connectivity index (χ3n) is 8.42. The number of esters is 2. The zero-order valence-corrected chi connectivity index (χ0v) is 35.9. The molecule has 11 heteroatoms. The van der Waals surface area contributed by atoms with Gasteiger partial charge in [-0.3, -0.25) is 9.59 Å². The summed E-state index contributed by atoms with van der Waals surface area (Å²) >= 11 is 11.1. The van der Waals surface area contributed by atoms with E-state index >= 15 is 0 Å². The van der Waals surface area contributed by atoms with Crippen molar-refractivity contribution >= 4 is 87.9 Å². The molecule has 0 aromatic heterocycles. The van der Waals surface area contributed by atoms with E-state index in [2.05, 4.69) is 26.0 Å². The van der Waals surface area contributed by atoms with E-state index in [0.29, 0.717) is 0 Å². The molecule has 0 fully saturated rings. The number of nitriles is 2. The maximum absolute atomic E-state index is 12.4. The van der Waals surface area contributed by atoms with Crippen molar-refractivity contribution < 1.29 is 14.3 Å². The minimum atomic E-state index is -0.825. The molecule has 280 valence electrons. The smallest absolute Gasteiger partial charge is 0.313 e. The fraction of sp³-hybridized carbons (Fsp3) is 0.842. The fourth-order valence-corrected chi connectivity index (χ4v) is 10.3. The van der Waals surface area contributed by atoms with Crippen molar-refractivity contribution in [2.75, 3.05) is 0 Å². The van der Waals surface area contributed by atoms with E-state index in [-0.39, 0.29) is 25.7 Å². The highest BCUT2D eigenvalue weighted by Crippen LogP contribution is 2.42. The van der Waals surface area contributed by atoms with Crippen LogP contribution in [-0.2, 0) is 14.3 Å². The predicted molar refractivity (Wildman–Crippen MR) is 226 cm³/mol. The summed E-state index contributed by atoms with van der Waals surface area (Å²) in [4.78, 5) is 24.9. The molecule has 0 amide bonds. The van der Waals surface area contributed by atoms with Gasteiger partial charge in [0, 0.05) is 12.8 Å². The largest absolute Gasteiger partial charge is 0.393 e. The summed E-state index contributed by atoms with van der Waals surface area (Å²) in [6.07, 6.45) is 27.7. The van der Waals surface area contributed by atoms with Crippen LogP contribution in [0.5, 0.6) is 0 Å². The topological polar surface area (TPSA) is 90.9 Å². The zero-order chi connectivity index (χ0) is 36.6. The van der Waals surface area contributed by atoms with Gasteiger partial charge in [0.05, 0.1) is 20.5 Å². The summed E-state index contributed by atoms with van der Waals surface area (Å²) in [6, 6.07) is 4.59. The third-order valence-corrected chi connectivity index (χ3v) is 16.1. The summed E-state index contributed by atoms with van der Waals surface area (Å²) < 4.78 is 5.14. The molecule has 2 unspecified atom stereocenters. The molecule has 49 heavy (non-hydrogen) atoms. The Bertz CT molecular complexity index is 936. The molecule has 2 atom stereocenters. The fourth-order valence-electron chi connectivity index (χ4n) is 5.02. The highest BCUT2D eigenvalue weighted by molar-refractivity contribution is 8.84. The van der Waals surface area contributed by atoms with Crippen LogP contribution in [0.3, 0.4) is 0 Å². The van der Waals surface area contributed by atoms with E-state index in [4.69, 9.17) is 29.2 Å². The zero-order valence-electron chi connectivity index (χ0n) is 31.0. The van der Waals surface area contributed by atoms with Crippen LogP contribution in [0.4, 0.5) is 0 Å². The van der Waals surface area contributed by atoms with Crippen LogP contribution in [0.2, 0.25) is 0 Å². The van der Waals surface area contributed by atoms with Gasteiger partial charge in [-0.15, -0.1) is 0 Å². The van der Waals surface area contributed by atoms with Gasteiger partial charge in [-0.25, -0.2) is 0 Å². The lowest BCUT2D eigenvalue weighted by atomic mass is 10.1. The normalized spacial score (nSPS) is 13.5. The SMILES string of the molecule is CCCCCCCCCCCCC(=S)SSC(C)(C#N)CCC(=O)OC(=O)CCC(C)(C#N)SSC(=S)CCCCCCCCCCCC. The summed E-state index contributed by atoms with van der Waals surface area (Å²) in [5.41, 5.74) is 0. The number of thiocarbonyl (C=S) groups is 2. The Hall–Kier alpha value is -0.300. The maximum Gasteiger partial charge on any atom is 0.313 e. The molecule has 0 aromatic rings. The van der Waals surface area contributed by atoms with Gasteiger partial charge >= 0.3 is 11.9 Å². The van der Waals surface area contributed by atoms with Gasteiger partial charge in [-0.2, -0.15) is 10.5 Å². The van der Waals surface area contributed by atoms with E-state index in [1.54, 1.807) is 13.8 Å². The number of hydrogen-bond donors (Lipinski definition) is 0. The van der Waals surface area contributed by atoms with Crippen molar-refractivity contribution in [1.82, 2.24) is 0 Å². The van der Waals surface area contributed by atoms with Gasteiger partial charge < -0.3 is 4.74 Å². The molecule has 0 spiro atoms. The minimum absolute atomic E-state index is 0.0398. The Morgan fingerprint density at radius 2 is 0.816 bits per heavy atom.